The van der Waals surface area contributed by atoms with Crippen molar-refractivity contribution in [2.45, 2.75) is 51.1 Å². The number of hydrogen-bond donors (Lipinski definition) is 1. The molecule has 128 valence electrons. The number of carbonyl (C=O) groups excluding carboxylic acids is 1. The second kappa shape index (κ2) is 7.75. The van der Waals surface area contributed by atoms with E-state index in [-0.39, 0.29) is 29.5 Å². The van der Waals surface area contributed by atoms with Crippen molar-refractivity contribution in [3.63, 3.8) is 0 Å². The van der Waals surface area contributed by atoms with Gasteiger partial charge in [0.15, 0.2) is 5.82 Å². The molecule has 3 rings (SSSR count). The van der Waals surface area contributed by atoms with Gasteiger partial charge in [0, 0.05) is 16.6 Å². The Hall–Kier alpha value is -1.95. The summed E-state index contributed by atoms with van der Waals surface area (Å²) in [6.45, 7) is 0.279. The molecule has 24 heavy (non-hydrogen) atoms. The number of aromatic nitrogens is 3. The van der Waals surface area contributed by atoms with Crippen LogP contribution < -0.4 is 5.32 Å². The molecule has 0 unspecified atom stereocenters. The molecule has 1 aromatic heterocycles. The minimum atomic E-state index is -0.469. The van der Waals surface area contributed by atoms with E-state index >= 15 is 0 Å². The second-order valence-electron chi connectivity index (χ2n) is 6.10. The summed E-state index contributed by atoms with van der Waals surface area (Å²) >= 11 is 5.95. The second-order valence-corrected chi connectivity index (χ2v) is 6.51. The Morgan fingerprint density at radius 3 is 2.88 bits per heavy atom. The molecule has 1 aliphatic rings. The molecule has 0 saturated heterocycles. The predicted molar refractivity (Wildman–Crippen MR) is 89.1 cm³/mol. The highest BCUT2D eigenvalue weighted by molar-refractivity contribution is 6.31. The van der Waals surface area contributed by atoms with Gasteiger partial charge in [-0.2, -0.15) is 0 Å². The highest BCUT2D eigenvalue weighted by Gasteiger charge is 2.19. The van der Waals surface area contributed by atoms with E-state index in [4.69, 9.17) is 11.6 Å². The van der Waals surface area contributed by atoms with Gasteiger partial charge >= 0.3 is 0 Å². The lowest BCUT2D eigenvalue weighted by atomic mass is 9.95. The summed E-state index contributed by atoms with van der Waals surface area (Å²) in [6.07, 6.45) is 7.55. The first-order chi connectivity index (χ1) is 11.6. The van der Waals surface area contributed by atoms with Gasteiger partial charge < -0.3 is 9.88 Å². The summed E-state index contributed by atoms with van der Waals surface area (Å²) < 4.78 is 15.8. The van der Waals surface area contributed by atoms with Gasteiger partial charge in [-0.1, -0.05) is 36.9 Å². The van der Waals surface area contributed by atoms with Crippen molar-refractivity contribution in [2.24, 2.45) is 0 Å². The SMILES string of the molecule is O=C(Cc1c(F)cccc1Cl)NCc1nncn1C1CCCCC1. The van der Waals surface area contributed by atoms with Crippen molar-refractivity contribution in [1.82, 2.24) is 20.1 Å². The third kappa shape index (κ3) is 3.93. The van der Waals surface area contributed by atoms with Gasteiger partial charge in [-0.05, 0) is 25.0 Å². The van der Waals surface area contributed by atoms with E-state index in [0.29, 0.717) is 6.04 Å². The normalized spacial score (nSPS) is 15.4. The number of hydrogen-bond acceptors (Lipinski definition) is 3. The van der Waals surface area contributed by atoms with E-state index in [0.717, 1.165) is 18.7 Å². The van der Waals surface area contributed by atoms with Gasteiger partial charge in [0.1, 0.15) is 12.1 Å². The Morgan fingerprint density at radius 1 is 1.33 bits per heavy atom. The molecule has 7 heteroatoms. The molecule has 0 bridgehead atoms. The van der Waals surface area contributed by atoms with Crippen LogP contribution in [-0.2, 0) is 17.8 Å². The molecule has 0 spiro atoms. The van der Waals surface area contributed by atoms with Crippen molar-refractivity contribution in [3.8, 4) is 0 Å². The van der Waals surface area contributed by atoms with Crippen LogP contribution in [0.1, 0.15) is 49.5 Å². The molecule has 1 fully saturated rings. The van der Waals surface area contributed by atoms with Crippen molar-refractivity contribution in [3.05, 3.63) is 46.8 Å². The van der Waals surface area contributed by atoms with Gasteiger partial charge in [0.2, 0.25) is 5.91 Å². The minimum absolute atomic E-state index is 0.0942. The molecule has 1 amide bonds. The monoisotopic (exact) mass is 350 g/mol. The maximum absolute atomic E-state index is 13.7. The van der Waals surface area contributed by atoms with Gasteiger partial charge in [-0.25, -0.2) is 4.39 Å². The number of halogens is 2. The summed E-state index contributed by atoms with van der Waals surface area (Å²) in [5.41, 5.74) is 0.213. The van der Waals surface area contributed by atoms with Crippen molar-refractivity contribution in [1.29, 1.82) is 0 Å². The fraction of sp³-hybridized carbons (Fsp3) is 0.471. The van der Waals surface area contributed by atoms with Gasteiger partial charge in [-0.15, -0.1) is 10.2 Å². The molecule has 1 heterocycles. The maximum Gasteiger partial charge on any atom is 0.224 e. The van der Waals surface area contributed by atoms with E-state index in [9.17, 15) is 9.18 Å². The average Bonchev–Trinajstić information content (AvgIpc) is 3.06. The molecular formula is C17H20ClFN4O. The standard InChI is InChI=1S/C17H20ClFN4O/c18-14-7-4-8-15(19)13(14)9-17(24)20-10-16-22-21-11-23(16)12-5-2-1-3-6-12/h4,7-8,11-12H,1-3,5-6,9-10H2,(H,20,24). The Bertz CT molecular complexity index is 692. The number of carbonyl (C=O) groups is 1. The topological polar surface area (TPSA) is 59.8 Å². The number of nitrogens with zero attached hydrogens (tertiary/aromatic N) is 3. The largest absolute Gasteiger partial charge is 0.349 e. The predicted octanol–water partition coefficient (Wildman–Crippen LogP) is 3.43. The van der Waals surface area contributed by atoms with E-state index in [1.54, 1.807) is 12.4 Å². The highest BCUT2D eigenvalue weighted by atomic mass is 35.5. The van der Waals surface area contributed by atoms with Crippen LogP contribution in [0.5, 0.6) is 0 Å². The Morgan fingerprint density at radius 2 is 2.12 bits per heavy atom. The van der Waals surface area contributed by atoms with Crippen LogP contribution in [-0.4, -0.2) is 20.7 Å². The Labute approximate surface area is 145 Å². The van der Waals surface area contributed by atoms with Crippen LogP contribution in [0.25, 0.3) is 0 Å². The third-order valence-electron chi connectivity index (χ3n) is 4.46. The van der Waals surface area contributed by atoms with Crippen molar-refractivity contribution >= 4 is 17.5 Å². The van der Waals surface area contributed by atoms with Crippen LogP contribution in [0.15, 0.2) is 24.5 Å². The van der Waals surface area contributed by atoms with Crippen LogP contribution >= 0.6 is 11.6 Å². The number of amides is 1. The first-order valence-corrected chi connectivity index (χ1v) is 8.61. The summed E-state index contributed by atoms with van der Waals surface area (Å²) in [5, 5.41) is 11.1. The maximum atomic E-state index is 13.7. The molecular weight excluding hydrogens is 331 g/mol. The van der Waals surface area contributed by atoms with Crippen LogP contribution in [0, 0.1) is 5.82 Å². The lowest BCUT2D eigenvalue weighted by Crippen LogP contribution is -2.27. The lowest BCUT2D eigenvalue weighted by Gasteiger charge is -2.24. The summed E-state index contributed by atoms with van der Waals surface area (Å²) in [6, 6.07) is 4.80. The number of rotatable bonds is 5. The number of benzene rings is 1. The Kier molecular flexibility index (Phi) is 5.45. The zero-order valence-corrected chi connectivity index (χ0v) is 14.1. The van der Waals surface area contributed by atoms with Crippen LogP contribution in [0.2, 0.25) is 5.02 Å². The summed E-state index contributed by atoms with van der Waals surface area (Å²) in [5.74, 6) is -0.0295. The molecule has 1 aromatic carbocycles. The molecule has 1 N–H and O–H groups in total. The van der Waals surface area contributed by atoms with E-state index < -0.39 is 5.82 Å². The highest BCUT2D eigenvalue weighted by Crippen LogP contribution is 2.28. The fourth-order valence-corrected chi connectivity index (χ4v) is 3.39. The van der Waals surface area contributed by atoms with Crippen LogP contribution in [0.3, 0.4) is 0 Å². The molecule has 5 nitrogen and oxygen atoms in total. The quantitative estimate of drug-likeness (QED) is 0.898. The zero-order chi connectivity index (χ0) is 16.9. The van der Waals surface area contributed by atoms with Crippen molar-refractivity contribution < 1.29 is 9.18 Å². The first kappa shape index (κ1) is 16.9. The Balaban J connectivity index is 1.60. The van der Waals surface area contributed by atoms with Gasteiger partial charge in [0.05, 0.1) is 13.0 Å². The first-order valence-electron chi connectivity index (χ1n) is 8.23. The summed E-state index contributed by atoms with van der Waals surface area (Å²) in [7, 11) is 0. The van der Waals surface area contributed by atoms with E-state index in [1.807, 2.05) is 0 Å². The molecule has 2 aromatic rings. The van der Waals surface area contributed by atoms with E-state index in [1.165, 1.54) is 31.4 Å². The van der Waals surface area contributed by atoms with Crippen LogP contribution in [0.4, 0.5) is 4.39 Å². The van der Waals surface area contributed by atoms with E-state index in [2.05, 4.69) is 20.1 Å². The average molecular weight is 351 g/mol. The molecule has 0 aliphatic heterocycles. The van der Waals surface area contributed by atoms with Gasteiger partial charge in [0.25, 0.3) is 0 Å². The van der Waals surface area contributed by atoms with Crippen molar-refractivity contribution in [2.75, 3.05) is 0 Å². The zero-order valence-electron chi connectivity index (χ0n) is 13.3. The molecule has 1 aliphatic carbocycles. The minimum Gasteiger partial charge on any atom is -0.349 e. The third-order valence-corrected chi connectivity index (χ3v) is 4.81. The molecule has 1 saturated carbocycles. The summed E-state index contributed by atoms with van der Waals surface area (Å²) in [4.78, 5) is 12.1. The molecule has 0 radical (unpaired) electrons. The van der Waals surface area contributed by atoms with Gasteiger partial charge in [-0.3, -0.25) is 4.79 Å². The molecule has 0 atom stereocenters. The number of nitrogens with one attached hydrogen (secondary N) is 1. The fourth-order valence-electron chi connectivity index (χ4n) is 3.16. The lowest BCUT2D eigenvalue weighted by molar-refractivity contribution is -0.120. The smallest absolute Gasteiger partial charge is 0.224 e.